The molecule has 5 heteroatoms. The molecular formula is C26H36N4O. The smallest absolute Gasteiger partial charge is 0.197 e. The van der Waals surface area contributed by atoms with E-state index in [0.29, 0.717) is 23.0 Å². The Morgan fingerprint density at radius 2 is 1.87 bits per heavy atom. The van der Waals surface area contributed by atoms with Crippen LogP contribution in [0.2, 0.25) is 0 Å². The summed E-state index contributed by atoms with van der Waals surface area (Å²) >= 11 is 0. The van der Waals surface area contributed by atoms with Gasteiger partial charge >= 0.3 is 0 Å². The molecule has 1 N–H and O–H groups in total. The van der Waals surface area contributed by atoms with Crippen LogP contribution in [0.15, 0.2) is 28.6 Å². The van der Waals surface area contributed by atoms with Crippen LogP contribution in [0.25, 0.3) is 0 Å². The zero-order valence-corrected chi connectivity index (χ0v) is 19.2. The number of carbonyl (C=O) groups excluding carboxylic acids is 1. The maximum Gasteiger partial charge on any atom is 0.197 e. The van der Waals surface area contributed by atoms with Gasteiger partial charge in [-0.15, -0.1) is 5.11 Å². The molecule has 4 fully saturated rings. The molecule has 0 saturated heterocycles. The van der Waals surface area contributed by atoms with Crippen molar-refractivity contribution in [2.45, 2.75) is 84.2 Å². The third-order valence-corrected chi connectivity index (χ3v) is 10.7. The zero-order valence-electron chi connectivity index (χ0n) is 19.2. The predicted octanol–water partition coefficient (Wildman–Crippen LogP) is 6.54. The largest absolute Gasteiger partial charge is 0.357 e. The molecule has 4 aliphatic carbocycles. The molecule has 1 unspecified atom stereocenters. The maximum absolute atomic E-state index is 12.4. The van der Waals surface area contributed by atoms with Crippen molar-refractivity contribution in [1.29, 1.82) is 0 Å². The molecule has 1 aromatic heterocycles. The van der Waals surface area contributed by atoms with Crippen molar-refractivity contribution in [3.05, 3.63) is 18.3 Å². The highest BCUT2D eigenvalue weighted by Crippen LogP contribution is 2.68. The summed E-state index contributed by atoms with van der Waals surface area (Å²) in [5, 5.41) is 13.0. The van der Waals surface area contributed by atoms with Gasteiger partial charge in [-0.1, -0.05) is 13.8 Å². The van der Waals surface area contributed by atoms with Crippen molar-refractivity contribution in [1.82, 2.24) is 4.98 Å². The van der Waals surface area contributed by atoms with Gasteiger partial charge in [0.15, 0.2) is 11.5 Å². The molecule has 0 bridgehead atoms. The minimum Gasteiger partial charge on any atom is -0.357 e. The van der Waals surface area contributed by atoms with Crippen LogP contribution in [0.5, 0.6) is 0 Å². The number of Topliss-reactive ketones (excluding diaryl/α,β-unsaturated/α-hetero) is 1. The number of hydrogen-bond donors (Lipinski definition) is 1. The Balaban J connectivity index is 1.25. The lowest BCUT2D eigenvalue weighted by Crippen LogP contribution is -2.57. The topological polar surface area (TPSA) is 66.7 Å². The van der Waals surface area contributed by atoms with Crippen LogP contribution in [0.3, 0.4) is 0 Å². The molecule has 8 atom stereocenters. The molecule has 166 valence electrons. The van der Waals surface area contributed by atoms with Gasteiger partial charge in [0.25, 0.3) is 0 Å². The number of rotatable bonds is 1. The van der Waals surface area contributed by atoms with Gasteiger partial charge in [0.2, 0.25) is 0 Å². The second-order valence-electron chi connectivity index (χ2n) is 11.9. The Bertz CT molecular complexity index is 945. The van der Waals surface area contributed by atoms with Gasteiger partial charge in [0, 0.05) is 12.1 Å². The summed E-state index contributed by atoms with van der Waals surface area (Å²) in [5.74, 6) is 4.52. The van der Waals surface area contributed by atoms with Crippen LogP contribution in [0.1, 0.15) is 78.6 Å². The van der Waals surface area contributed by atoms with Crippen LogP contribution >= 0.6 is 0 Å². The molecule has 5 aliphatic rings. The van der Waals surface area contributed by atoms with Crippen LogP contribution in [-0.2, 0) is 4.79 Å². The summed E-state index contributed by atoms with van der Waals surface area (Å²) in [6.07, 6.45) is 12.7. The van der Waals surface area contributed by atoms with E-state index in [4.69, 9.17) is 5.11 Å². The second-order valence-corrected chi connectivity index (χ2v) is 11.9. The highest BCUT2D eigenvalue weighted by Gasteiger charge is 2.62. The molecule has 0 amide bonds. The van der Waals surface area contributed by atoms with Crippen LogP contribution < -0.4 is 5.32 Å². The molecule has 0 radical (unpaired) electrons. The van der Waals surface area contributed by atoms with Gasteiger partial charge in [-0.25, -0.2) is 4.98 Å². The molecule has 5 nitrogen and oxygen atoms in total. The number of anilines is 1. The Kier molecular flexibility index (Phi) is 4.24. The summed E-state index contributed by atoms with van der Waals surface area (Å²) in [6.45, 7) is 6.88. The number of pyridine rings is 1. The Labute approximate surface area is 185 Å². The van der Waals surface area contributed by atoms with Crippen LogP contribution in [-0.4, -0.2) is 16.4 Å². The number of hydrogen-bond acceptors (Lipinski definition) is 5. The van der Waals surface area contributed by atoms with E-state index in [2.05, 4.69) is 35.3 Å². The highest BCUT2D eigenvalue weighted by molar-refractivity contribution is 5.79. The molecule has 0 aromatic carbocycles. The monoisotopic (exact) mass is 420 g/mol. The number of ketones is 1. The van der Waals surface area contributed by atoms with Crippen molar-refractivity contribution in [2.75, 3.05) is 5.32 Å². The van der Waals surface area contributed by atoms with Crippen molar-refractivity contribution < 1.29 is 4.79 Å². The van der Waals surface area contributed by atoms with Gasteiger partial charge in [-0.3, -0.25) is 4.79 Å². The van der Waals surface area contributed by atoms with E-state index in [1.165, 1.54) is 38.5 Å². The average molecular weight is 421 g/mol. The number of aromatic nitrogens is 1. The first-order valence-corrected chi connectivity index (χ1v) is 12.5. The van der Waals surface area contributed by atoms with Crippen LogP contribution in [0, 0.1) is 40.4 Å². The van der Waals surface area contributed by atoms with E-state index in [9.17, 15) is 4.79 Å². The molecule has 31 heavy (non-hydrogen) atoms. The predicted molar refractivity (Wildman–Crippen MR) is 121 cm³/mol. The Morgan fingerprint density at radius 1 is 1.03 bits per heavy atom. The normalized spacial score (nSPS) is 47.6. The van der Waals surface area contributed by atoms with Crippen molar-refractivity contribution in [3.63, 3.8) is 0 Å². The van der Waals surface area contributed by atoms with Crippen LogP contribution in [0.4, 0.5) is 11.5 Å². The Hall–Kier alpha value is -1.78. The standard InChI is InChI=1S/C26H36N4O/c1-16(31)19-8-9-20-18-7-6-17-15-26(28-22-5-4-14-27-23(22)29-30-26)13-12-24(17,2)21(18)10-11-25(19,20)3/h4-5,14,17-21,28H,6-13,15H2,1-3H3/t17-,18-,19+,20-,21-,24-,25+,26?/m0/s1. The lowest BCUT2D eigenvalue weighted by atomic mass is 9.44. The van der Waals surface area contributed by atoms with E-state index < -0.39 is 0 Å². The van der Waals surface area contributed by atoms with Crippen molar-refractivity contribution in [3.8, 4) is 0 Å². The fraction of sp³-hybridized carbons (Fsp3) is 0.769. The molecule has 4 saturated carbocycles. The summed E-state index contributed by atoms with van der Waals surface area (Å²) in [7, 11) is 0. The first-order chi connectivity index (χ1) is 14.8. The maximum atomic E-state index is 12.4. The minimum absolute atomic E-state index is 0.247. The van der Waals surface area contributed by atoms with E-state index in [0.717, 1.165) is 48.5 Å². The van der Waals surface area contributed by atoms with E-state index in [1.54, 1.807) is 6.20 Å². The third-order valence-electron chi connectivity index (χ3n) is 10.7. The molecule has 1 spiro atoms. The molecular weight excluding hydrogens is 384 g/mol. The lowest BCUT2D eigenvalue weighted by Gasteiger charge is -2.62. The number of azo groups is 1. The number of carbonyl (C=O) groups is 1. The lowest BCUT2D eigenvalue weighted by molar-refractivity contribution is -0.135. The highest BCUT2D eigenvalue weighted by atomic mass is 16.1. The van der Waals surface area contributed by atoms with Gasteiger partial charge in [0.1, 0.15) is 5.78 Å². The van der Waals surface area contributed by atoms with Gasteiger partial charge in [0.05, 0.1) is 5.69 Å². The zero-order chi connectivity index (χ0) is 21.4. The summed E-state index contributed by atoms with van der Waals surface area (Å²) in [4.78, 5) is 16.7. The molecule has 6 rings (SSSR count). The van der Waals surface area contributed by atoms with Crippen molar-refractivity contribution >= 4 is 17.3 Å². The summed E-state index contributed by atoms with van der Waals surface area (Å²) < 4.78 is 0. The fourth-order valence-corrected chi connectivity index (χ4v) is 9.11. The van der Waals surface area contributed by atoms with E-state index >= 15 is 0 Å². The molecule has 2 heterocycles. The summed E-state index contributed by atoms with van der Waals surface area (Å²) in [6, 6.07) is 4.06. The summed E-state index contributed by atoms with van der Waals surface area (Å²) in [5.41, 5.74) is 1.44. The van der Waals surface area contributed by atoms with Gasteiger partial charge in [-0.05, 0) is 111 Å². The van der Waals surface area contributed by atoms with E-state index in [1.807, 2.05) is 13.0 Å². The quantitative estimate of drug-likeness (QED) is 0.561. The number of nitrogens with zero attached hydrogens (tertiary/aromatic N) is 3. The fourth-order valence-electron chi connectivity index (χ4n) is 9.11. The first-order valence-electron chi connectivity index (χ1n) is 12.5. The average Bonchev–Trinajstić information content (AvgIpc) is 3.12. The van der Waals surface area contributed by atoms with Gasteiger partial charge < -0.3 is 5.32 Å². The second kappa shape index (κ2) is 6.62. The SMILES string of the molecule is CC(=O)[C@H]1CC[C@H]2[C@@H]3CC[C@H]4CC5(CC[C@]4(C)[C@H]3CC[C@]12C)N=Nc1ncccc1N5. The third kappa shape index (κ3) is 2.74. The van der Waals surface area contributed by atoms with Crippen molar-refractivity contribution in [2.24, 2.45) is 50.6 Å². The van der Waals surface area contributed by atoms with E-state index in [-0.39, 0.29) is 11.1 Å². The molecule has 1 aliphatic heterocycles. The Morgan fingerprint density at radius 3 is 2.71 bits per heavy atom. The number of nitrogens with one attached hydrogen (secondary N) is 1. The first kappa shape index (κ1) is 19.9. The number of fused-ring (bicyclic) bond motifs is 6. The minimum atomic E-state index is -0.247. The van der Waals surface area contributed by atoms with Gasteiger partial charge in [-0.2, -0.15) is 5.11 Å². The molecule has 1 aromatic rings.